The second kappa shape index (κ2) is 5.68. The van der Waals surface area contributed by atoms with Crippen molar-refractivity contribution >= 4 is 23.8 Å². The molecule has 0 aromatic rings. The van der Waals surface area contributed by atoms with Crippen LogP contribution in [-0.4, -0.2) is 52.4 Å². The number of piperazine rings is 1. The zero-order chi connectivity index (χ0) is 14.7. The van der Waals surface area contributed by atoms with Gasteiger partial charge in [0.25, 0.3) is 0 Å². The van der Waals surface area contributed by atoms with Crippen molar-refractivity contribution in [3.63, 3.8) is 0 Å². The second-order valence-corrected chi connectivity index (χ2v) is 4.73. The zero-order valence-corrected chi connectivity index (χ0v) is 11.0. The van der Waals surface area contributed by atoms with E-state index in [1.807, 2.05) is 0 Å². The van der Waals surface area contributed by atoms with E-state index in [2.05, 4.69) is 10.6 Å². The first-order valence-corrected chi connectivity index (χ1v) is 5.87. The van der Waals surface area contributed by atoms with Crippen LogP contribution in [0.2, 0.25) is 0 Å². The number of carbonyl (C=O) groups excluding carboxylic acids is 3. The Morgan fingerprint density at radius 2 is 2.00 bits per heavy atom. The maximum Gasteiger partial charge on any atom is 0.326 e. The molecule has 4 amide bonds. The van der Waals surface area contributed by atoms with Gasteiger partial charge in [-0.1, -0.05) is 13.8 Å². The van der Waals surface area contributed by atoms with Crippen LogP contribution in [0.4, 0.5) is 4.79 Å². The smallest absolute Gasteiger partial charge is 0.326 e. The molecule has 0 aromatic carbocycles. The first-order chi connectivity index (χ1) is 8.73. The standard InChI is InChI=1S/C11H17N3O5/c1-5(2)8(10(17)18)13-11(19)14-4-7(15)12-9(16)6(14)3/h5-6,8H,4H2,1-3H3,(H,13,19)(H,17,18)(H,12,15,16). The summed E-state index contributed by atoms with van der Waals surface area (Å²) in [5.41, 5.74) is 0. The van der Waals surface area contributed by atoms with Crippen molar-refractivity contribution in [2.24, 2.45) is 5.92 Å². The Kier molecular flexibility index (Phi) is 4.47. The number of carboxylic acid groups (broad SMARTS) is 1. The van der Waals surface area contributed by atoms with E-state index < -0.39 is 35.9 Å². The van der Waals surface area contributed by atoms with Crippen LogP contribution in [0.15, 0.2) is 0 Å². The normalized spacial score (nSPS) is 21.1. The molecule has 1 aliphatic rings. The summed E-state index contributed by atoms with van der Waals surface area (Å²) in [6, 6.07) is -2.63. The molecule has 0 spiro atoms. The summed E-state index contributed by atoms with van der Waals surface area (Å²) < 4.78 is 0. The lowest BCUT2D eigenvalue weighted by molar-refractivity contribution is -0.140. The fourth-order valence-corrected chi connectivity index (χ4v) is 1.69. The summed E-state index contributed by atoms with van der Waals surface area (Å²) in [5.74, 6) is -2.65. The number of rotatable bonds is 3. The van der Waals surface area contributed by atoms with Crippen molar-refractivity contribution in [1.82, 2.24) is 15.5 Å². The Hall–Kier alpha value is -2.12. The number of imide groups is 1. The van der Waals surface area contributed by atoms with Gasteiger partial charge in [-0.2, -0.15) is 0 Å². The molecule has 1 heterocycles. The Bertz CT molecular complexity index is 421. The monoisotopic (exact) mass is 271 g/mol. The van der Waals surface area contributed by atoms with Crippen molar-refractivity contribution in [1.29, 1.82) is 0 Å². The summed E-state index contributed by atoms with van der Waals surface area (Å²) in [4.78, 5) is 46.6. The fraction of sp³-hybridized carbons (Fsp3) is 0.636. The molecule has 0 aromatic heterocycles. The van der Waals surface area contributed by atoms with E-state index in [1.54, 1.807) is 13.8 Å². The predicted molar refractivity (Wildman–Crippen MR) is 64.1 cm³/mol. The molecule has 106 valence electrons. The quantitative estimate of drug-likeness (QED) is 0.578. The maximum absolute atomic E-state index is 11.9. The van der Waals surface area contributed by atoms with Gasteiger partial charge in [-0.15, -0.1) is 0 Å². The van der Waals surface area contributed by atoms with Crippen LogP contribution in [0.25, 0.3) is 0 Å². The van der Waals surface area contributed by atoms with Gasteiger partial charge in [0, 0.05) is 0 Å². The zero-order valence-electron chi connectivity index (χ0n) is 11.0. The van der Waals surface area contributed by atoms with Crippen LogP contribution in [0.5, 0.6) is 0 Å². The minimum absolute atomic E-state index is 0.275. The van der Waals surface area contributed by atoms with E-state index in [1.165, 1.54) is 6.92 Å². The molecule has 8 heteroatoms. The Balaban J connectivity index is 2.78. The third-order valence-corrected chi connectivity index (χ3v) is 2.90. The number of urea groups is 1. The summed E-state index contributed by atoms with van der Waals surface area (Å²) in [6.07, 6.45) is 0. The van der Waals surface area contributed by atoms with Crippen LogP contribution >= 0.6 is 0 Å². The highest BCUT2D eigenvalue weighted by atomic mass is 16.4. The van der Waals surface area contributed by atoms with Crippen molar-refractivity contribution < 1.29 is 24.3 Å². The number of nitrogens with one attached hydrogen (secondary N) is 2. The van der Waals surface area contributed by atoms with Gasteiger partial charge in [0.1, 0.15) is 18.6 Å². The highest BCUT2D eigenvalue weighted by Crippen LogP contribution is 2.08. The molecule has 1 saturated heterocycles. The van der Waals surface area contributed by atoms with E-state index >= 15 is 0 Å². The van der Waals surface area contributed by atoms with E-state index in [0.717, 1.165) is 4.90 Å². The molecule has 0 radical (unpaired) electrons. The molecule has 2 atom stereocenters. The lowest BCUT2D eigenvalue weighted by Gasteiger charge is -2.33. The van der Waals surface area contributed by atoms with Gasteiger partial charge in [0.15, 0.2) is 0 Å². The average Bonchev–Trinajstić information content (AvgIpc) is 2.29. The Morgan fingerprint density at radius 3 is 2.47 bits per heavy atom. The van der Waals surface area contributed by atoms with Crippen LogP contribution in [0, 0.1) is 5.92 Å². The van der Waals surface area contributed by atoms with Crippen LogP contribution in [0.3, 0.4) is 0 Å². The first kappa shape index (κ1) is 14.9. The molecule has 1 aliphatic heterocycles. The summed E-state index contributed by atoms with van der Waals surface area (Å²) in [7, 11) is 0. The Labute approximate surface area is 110 Å². The topological polar surface area (TPSA) is 116 Å². The summed E-state index contributed by atoms with van der Waals surface area (Å²) in [6.45, 7) is 4.49. The molecule has 1 rings (SSSR count). The van der Waals surface area contributed by atoms with Crippen molar-refractivity contribution in [2.75, 3.05) is 6.54 Å². The highest BCUT2D eigenvalue weighted by molar-refractivity contribution is 6.04. The van der Waals surface area contributed by atoms with Crippen LogP contribution in [0.1, 0.15) is 20.8 Å². The molecule has 19 heavy (non-hydrogen) atoms. The Morgan fingerprint density at radius 1 is 1.42 bits per heavy atom. The van der Waals surface area contributed by atoms with Crippen molar-refractivity contribution in [2.45, 2.75) is 32.9 Å². The van der Waals surface area contributed by atoms with Gasteiger partial charge < -0.3 is 15.3 Å². The minimum atomic E-state index is -1.16. The average molecular weight is 271 g/mol. The number of aliphatic carboxylic acids is 1. The van der Waals surface area contributed by atoms with E-state index in [4.69, 9.17) is 5.11 Å². The number of carbonyl (C=O) groups is 4. The van der Waals surface area contributed by atoms with E-state index in [-0.39, 0.29) is 12.5 Å². The fourth-order valence-electron chi connectivity index (χ4n) is 1.69. The predicted octanol–water partition coefficient (Wildman–Crippen LogP) is -0.848. The maximum atomic E-state index is 11.9. The molecule has 2 unspecified atom stereocenters. The largest absolute Gasteiger partial charge is 0.480 e. The number of nitrogens with zero attached hydrogens (tertiary/aromatic N) is 1. The molecule has 0 aliphatic carbocycles. The minimum Gasteiger partial charge on any atom is -0.480 e. The second-order valence-electron chi connectivity index (χ2n) is 4.73. The van der Waals surface area contributed by atoms with E-state index in [9.17, 15) is 19.2 Å². The van der Waals surface area contributed by atoms with Gasteiger partial charge in [-0.3, -0.25) is 14.9 Å². The van der Waals surface area contributed by atoms with Crippen LogP contribution < -0.4 is 10.6 Å². The first-order valence-electron chi connectivity index (χ1n) is 5.87. The van der Waals surface area contributed by atoms with Gasteiger partial charge in [0.2, 0.25) is 11.8 Å². The van der Waals surface area contributed by atoms with Gasteiger partial charge >= 0.3 is 12.0 Å². The number of hydrogen-bond acceptors (Lipinski definition) is 4. The third kappa shape index (κ3) is 3.43. The van der Waals surface area contributed by atoms with Gasteiger partial charge in [-0.25, -0.2) is 9.59 Å². The number of carboxylic acids is 1. The van der Waals surface area contributed by atoms with Crippen molar-refractivity contribution in [3.8, 4) is 0 Å². The van der Waals surface area contributed by atoms with Crippen molar-refractivity contribution in [3.05, 3.63) is 0 Å². The van der Waals surface area contributed by atoms with Gasteiger partial charge in [-0.05, 0) is 12.8 Å². The molecule has 0 bridgehead atoms. The number of hydrogen-bond donors (Lipinski definition) is 3. The molecule has 1 fully saturated rings. The van der Waals surface area contributed by atoms with E-state index in [0.29, 0.717) is 0 Å². The molecule has 8 nitrogen and oxygen atoms in total. The molecule has 0 saturated carbocycles. The number of amides is 4. The van der Waals surface area contributed by atoms with Crippen LogP contribution in [-0.2, 0) is 14.4 Å². The lowest BCUT2D eigenvalue weighted by atomic mass is 10.1. The summed E-state index contributed by atoms with van der Waals surface area (Å²) >= 11 is 0. The molecular weight excluding hydrogens is 254 g/mol. The SMILES string of the molecule is CC(C)C(NC(=O)N1CC(=O)NC(=O)C1C)C(=O)O. The molecular formula is C11H17N3O5. The summed E-state index contributed by atoms with van der Waals surface area (Å²) in [5, 5.41) is 13.4. The lowest BCUT2D eigenvalue weighted by Crippen LogP contribution is -2.62. The molecule has 3 N–H and O–H groups in total. The highest BCUT2D eigenvalue weighted by Gasteiger charge is 2.35. The third-order valence-electron chi connectivity index (χ3n) is 2.90. The van der Waals surface area contributed by atoms with Gasteiger partial charge in [0.05, 0.1) is 0 Å².